The summed E-state index contributed by atoms with van der Waals surface area (Å²) >= 11 is 7.08. The summed E-state index contributed by atoms with van der Waals surface area (Å²) in [6.07, 6.45) is 2.88. The molecule has 2 rings (SSSR count). The maximum Gasteiger partial charge on any atom is 0.0507 e. The van der Waals surface area contributed by atoms with Crippen molar-refractivity contribution in [3.05, 3.63) is 39.3 Å². The van der Waals surface area contributed by atoms with Crippen molar-refractivity contribution < 1.29 is 0 Å². The van der Waals surface area contributed by atoms with Crippen molar-refractivity contribution in [3.63, 3.8) is 0 Å². The van der Waals surface area contributed by atoms with Gasteiger partial charge < -0.3 is 11.1 Å². The summed E-state index contributed by atoms with van der Waals surface area (Å²) in [6, 6.07) is 4.41. The van der Waals surface area contributed by atoms with Gasteiger partial charge in [0.1, 0.15) is 0 Å². The molecule has 0 spiro atoms. The third kappa shape index (κ3) is 5.41. The molecule has 3 N–H and O–H groups in total. The van der Waals surface area contributed by atoms with Gasteiger partial charge in [0.2, 0.25) is 0 Å². The van der Waals surface area contributed by atoms with Gasteiger partial charge in [-0.15, -0.1) is 31.4 Å². The molecule has 7 heteroatoms. The number of anilines is 1. The van der Waals surface area contributed by atoms with Crippen molar-refractivity contribution in [1.82, 2.24) is 10.2 Å². The maximum atomic E-state index is 6.25. The maximum absolute atomic E-state index is 6.25. The van der Waals surface area contributed by atoms with E-state index in [1.807, 2.05) is 12.1 Å². The molecule has 21 heavy (non-hydrogen) atoms. The molecule has 1 aliphatic rings. The largest absolute Gasteiger partial charge is 0.398 e. The van der Waals surface area contributed by atoms with Crippen LogP contribution in [0.4, 0.5) is 5.69 Å². The van der Waals surface area contributed by atoms with E-state index in [1.165, 1.54) is 5.56 Å². The van der Waals surface area contributed by atoms with Crippen LogP contribution in [-0.4, -0.2) is 31.1 Å². The Morgan fingerprint density at radius 1 is 1.29 bits per heavy atom. The molecule has 1 heterocycles. The van der Waals surface area contributed by atoms with Crippen molar-refractivity contribution >= 4 is 62.4 Å². The Morgan fingerprint density at radius 2 is 1.90 bits per heavy atom. The molecule has 1 atom stereocenters. The lowest BCUT2D eigenvalue weighted by atomic mass is 9.99. The van der Waals surface area contributed by atoms with Gasteiger partial charge in [-0.3, -0.25) is 4.90 Å². The average molecular weight is 462 g/mol. The van der Waals surface area contributed by atoms with Gasteiger partial charge in [0.15, 0.2) is 0 Å². The van der Waals surface area contributed by atoms with Gasteiger partial charge >= 0.3 is 0 Å². The summed E-state index contributed by atoms with van der Waals surface area (Å²) in [5.74, 6) is 0. The minimum Gasteiger partial charge on any atom is -0.398 e. The molecule has 0 radical (unpaired) electrons. The number of nitrogens with one attached hydrogen (secondary N) is 1. The number of halogens is 4. The summed E-state index contributed by atoms with van der Waals surface area (Å²) in [5.41, 5.74) is 8.24. The highest BCUT2D eigenvalue weighted by Gasteiger charge is 2.23. The second-order valence-corrected chi connectivity index (χ2v) is 6.49. The van der Waals surface area contributed by atoms with E-state index in [4.69, 9.17) is 5.73 Å². The van der Waals surface area contributed by atoms with Gasteiger partial charge in [-0.05, 0) is 40.0 Å². The zero-order valence-corrected chi connectivity index (χ0v) is 16.5. The van der Waals surface area contributed by atoms with Crippen LogP contribution in [0.1, 0.15) is 18.0 Å². The summed E-state index contributed by atoms with van der Waals surface area (Å²) in [7, 11) is 0. The number of benzene rings is 1. The fraction of sp³-hybridized carbons (Fsp3) is 0.429. The molecule has 0 bridgehead atoms. The fourth-order valence-corrected chi connectivity index (χ4v) is 3.76. The molecular weight excluding hydrogens is 441 g/mol. The highest BCUT2D eigenvalue weighted by Crippen LogP contribution is 2.36. The molecule has 120 valence electrons. The Labute approximate surface area is 155 Å². The topological polar surface area (TPSA) is 41.3 Å². The van der Waals surface area contributed by atoms with Crippen LogP contribution in [0.3, 0.4) is 0 Å². The Balaban J connectivity index is 0.00000200. The lowest BCUT2D eigenvalue weighted by Crippen LogP contribution is -2.45. The first-order chi connectivity index (χ1) is 9.13. The standard InChI is InChI=1S/C14H19Br2N3.2ClH/c1-2-3-13(19-6-4-18-5-7-19)11-8-10(15)9-12(16)14(11)17;;/h2,8-9,13,18H,1,3-7,17H2;2*1H/t13-;;/m0../s1. The van der Waals surface area contributed by atoms with Crippen LogP contribution in [0.5, 0.6) is 0 Å². The van der Waals surface area contributed by atoms with Gasteiger partial charge in [0, 0.05) is 41.2 Å². The van der Waals surface area contributed by atoms with Gasteiger partial charge in [0.25, 0.3) is 0 Å². The lowest BCUT2D eigenvalue weighted by Gasteiger charge is -2.35. The molecule has 1 fully saturated rings. The Kier molecular flexibility index (Phi) is 10.2. The normalized spacial score (nSPS) is 16.5. The second-order valence-electron chi connectivity index (χ2n) is 4.72. The van der Waals surface area contributed by atoms with E-state index in [9.17, 15) is 0 Å². The van der Waals surface area contributed by atoms with Crippen LogP contribution in [-0.2, 0) is 0 Å². The molecule has 0 aliphatic carbocycles. The molecule has 1 aliphatic heterocycles. The monoisotopic (exact) mass is 459 g/mol. The molecule has 1 saturated heterocycles. The molecular formula is C14H21Br2Cl2N3. The minimum absolute atomic E-state index is 0. The quantitative estimate of drug-likeness (QED) is 0.522. The number of rotatable bonds is 4. The second kappa shape index (κ2) is 10.1. The van der Waals surface area contributed by atoms with E-state index in [0.717, 1.165) is 47.2 Å². The highest BCUT2D eigenvalue weighted by atomic mass is 79.9. The average Bonchev–Trinajstić information content (AvgIpc) is 2.41. The number of hydrogen-bond donors (Lipinski definition) is 2. The van der Waals surface area contributed by atoms with Crippen LogP contribution < -0.4 is 11.1 Å². The number of nitrogen functional groups attached to an aromatic ring is 1. The molecule has 1 aromatic rings. The van der Waals surface area contributed by atoms with Crippen LogP contribution in [0, 0.1) is 0 Å². The number of nitrogens with two attached hydrogens (primary N) is 1. The van der Waals surface area contributed by atoms with Crippen molar-refractivity contribution in [1.29, 1.82) is 0 Å². The zero-order chi connectivity index (χ0) is 13.8. The van der Waals surface area contributed by atoms with Crippen molar-refractivity contribution in [2.45, 2.75) is 12.5 Å². The third-order valence-electron chi connectivity index (χ3n) is 3.47. The van der Waals surface area contributed by atoms with Crippen LogP contribution in [0.15, 0.2) is 33.7 Å². The Bertz CT molecular complexity index is 466. The molecule has 0 aromatic heterocycles. The summed E-state index contributed by atoms with van der Waals surface area (Å²) in [5, 5.41) is 3.38. The smallest absolute Gasteiger partial charge is 0.0507 e. The first-order valence-corrected chi connectivity index (χ1v) is 8.02. The van der Waals surface area contributed by atoms with E-state index in [1.54, 1.807) is 0 Å². The first kappa shape index (κ1) is 21.2. The van der Waals surface area contributed by atoms with Gasteiger partial charge in [0.05, 0.1) is 5.69 Å². The Morgan fingerprint density at radius 3 is 2.48 bits per heavy atom. The van der Waals surface area contributed by atoms with Gasteiger partial charge in [-0.2, -0.15) is 0 Å². The predicted molar refractivity (Wildman–Crippen MR) is 103 cm³/mol. The number of piperazine rings is 1. The van der Waals surface area contributed by atoms with Crippen LogP contribution >= 0.6 is 56.7 Å². The molecule has 0 unspecified atom stereocenters. The first-order valence-electron chi connectivity index (χ1n) is 6.43. The third-order valence-corrected chi connectivity index (χ3v) is 4.58. The molecule has 1 aromatic carbocycles. The highest BCUT2D eigenvalue weighted by molar-refractivity contribution is 9.11. The number of nitrogens with zero attached hydrogens (tertiary/aromatic N) is 1. The van der Waals surface area contributed by atoms with Gasteiger partial charge in [-0.25, -0.2) is 0 Å². The van der Waals surface area contributed by atoms with Gasteiger partial charge in [-0.1, -0.05) is 22.0 Å². The van der Waals surface area contributed by atoms with Crippen molar-refractivity contribution in [2.75, 3.05) is 31.9 Å². The lowest BCUT2D eigenvalue weighted by molar-refractivity contribution is 0.175. The summed E-state index contributed by atoms with van der Waals surface area (Å²) < 4.78 is 1.99. The fourth-order valence-electron chi connectivity index (χ4n) is 2.50. The SMILES string of the molecule is C=CC[C@@H](c1cc(Br)cc(Br)c1N)N1CCNCC1.Cl.Cl. The zero-order valence-electron chi connectivity index (χ0n) is 11.6. The van der Waals surface area contributed by atoms with Crippen molar-refractivity contribution in [2.24, 2.45) is 0 Å². The van der Waals surface area contributed by atoms with E-state index >= 15 is 0 Å². The minimum atomic E-state index is 0. The van der Waals surface area contributed by atoms with E-state index in [2.05, 4.69) is 54.7 Å². The van der Waals surface area contributed by atoms with E-state index in [-0.39, 0.29) is 24.8 Å². The molecule has 0 saturated carbocycles. The van der Waals surface area contributed by atoms with Crippen LogP contribution in [0.2, 0.25) is 0 Å². The molecule has 3 nitrogen and oxygen atoms in total. The van der Waals surface area contributed by atoms with Crippen molar-refractivity contribution in [3.8, 4) is 0 Å². The van der Waals surface area contributed by atoms with E-state index < -0.39 is 0 Å². The summed E-state index contributed by atoms with van der Waals surface area (Å²) in [4.78, 5) is 2.47. The van der Waals surface area contributed by atoms with E-state index in [0.29, 0.717) is 6.04 Å². The number of hydrogen-bond acceptors (Lipinski definition) is 3. The summed E-state index contributed by atoms with van der Waals surface area (Å²) in [6.45, 7) is 8.04. The van der Waals surface area contributed by atoms with Crippen LogP contribution in [0.25, 0.3) is 0 Å². The Hall–Kier alpha value is 0.220. The predicted octanol–water partition coefficient (Wildman–Crippen LogP) is 4.16. The molecule has 0 amide bonds.